The van der Waals surface area contributed by atoms with Crippen molar-refractivity contribution < 1.29 is 9.84 Å². The second kappa shape index (κ2) is 7.46. The molecule has 0 saturated carbocycles. The maximum absolute atomic E-state index is 9.70. The molecule has 0 aliphatic carbocycles. The third-order valence-electron chi connectivity index (χ3n) is 3.94. The first-order valence-electron chi connectivity index (χ1n) is 8.15. The molecular formula is C19H15ClN4O2S. The Morgan fingerprint density at radius 2 is 2.11 bits per heavy atom. The lowest BCUT2D eigenvalue weighted by Gasteiger charge is -2.19. The van der Waals surface area contributed by atoms with Crippen molar-refractivity contribution in [3.05, 3.63) is 65.7 Å². The molecule has 136 valence electrons. The van der Waals surface area contributed by atoms with Gasteiger partial charge in [0.15, 0.2) is 11.9 Å². The molecule has 0 spiro atoms. The van der Waals surface area contributed by atoms with Gasteiger partial charge in [0, 0.05) is 22.6 Å². The second-order valence-electron chi connectivity index (χ2n) is 5.75. The van der Waals surface area contributed by atoms with Crippen molar-refractivity contribution in [1.29, 1.82) is 0 Å². The number of phenols is 1. The maximum Gasteiger partial charge on any atom is 0.247 e. The number of nitrogens with zero attached hydrogens (tertiary/aromatic N) is 3. The monoisotopic (exact) mass is 398 g/mol. The van der Waals surface area contributed by atoms with Crippen LogP contribution in [0.3, 0.4) is 0 Å². The first-order chi connectivity index (χ1) is 13.2. The van der Waals surface area contributed by atoms with E-state index < -0.39 is 6.23 Å². The zero-order valence-corrected chi connectivity index (χ0v) is 15.7. The summed E-state index contributed by atoms with van der Waals surface area (Å²) in [7, 11) is 0. The number of benzene rings is 2. The summed E-state index contributed by atoms with van der Waals surface area (Å²) < 4.78 is 6.14. The summed E-state index contributed by atoms with van der Waals surface area (Å²) in [6.07, 6.45) is 1.22. The molecule has 1 atom stereocenters. The number of halogens is 1. The number of rotatable bonds is 4. The van der Waals surface area contributed by atoms with Crippen LogP contribution >= 0.6 is 23.4 Å². The molecule has 0 amide bonds. The Hall–Kier alpha value is -2.77. The number of hydrogen-bond donors (Lipinski definition) is 2. The van der Waals surface area contributed by atoms with Crippen molar-refractivity contribution >= 4 is 29.1 Å². The normalized spacial score (nSPS) is 14.9. The first-order valence-corrected chi connectivity index (χ1v) is 9.51. The van der Waals surface area contributed by atoms with Gasteiger partial charge in [0.2, 0.25) is 11.0 Å². The van der Waals surface area contributed by atoms with Crippen LogP contribution in [0.2, 0.25) is 5.02 Å². The fourth-order valence-corrected chi connectivity index (χ4v) is 3.38. The fraction of sp³-hybridized carbons (Fsp3) is 0.105. The van der Waals surface area contributed by atoms with Gasteiger partial charge in [-0.2, -0.15) is 4.98 Å². The third-order valence-corrected chi connectivity index (χ3v) is 5.07. The van der Waals surface area contributed by atoms with Crippen molar-refractivity contribution in [1.82, 2.24) is 15.2 Å². The number of thioether (sulfide) groups is 1. The summed E-state index contributed by atoms with van der Waals surface area (Å²) in [5.41, 5.74) is 3.00. The molecule has 4 rings (SSSR count). The zero-order valence-electron chi connectivity index (χ0n) is 14.1. The molecule has 1 aromatic heterocycles. The highest BCUT2D eigenvalue weighted by Crippen LogP contribution is 2.40. The van der Waals surface area contributed by atoms with Crippen LogP contribution in [0.15, 0.2) is 60.3 Å². The van der Waals surface area contributed by atoms with E-state index in [1.807, 2.05) is 24.3 Å². The molecule has 1 aliphatic heterocycles. The number of para-hydroxylation sites is 1. The van der Waals surface area contributed by atoms with Crippen molar-refractivity contribution in [3.63, 3.8) is 0 Å². The van der Waals surface area contributed by atoms with Gasteiger partial charge in [0.25, 0.3) is 0 Å². The topological polar surface area (TPSA) is 80.2 Å². The van der Waals surface area contributed by atoms with Gasteiger partial charge in [-0.25, -0.2) is 0 Å². The minimum absolute atomic E-state index is 0.0157. The van der Waals surface area contributed by atoms with Crippen LogP contribution in [0.25, 0.3) is 11.3 Å². The van der Waals surface area contributed by atoms with Crippen molar-refractivity contribution in [2.75, 3.05) is 11.1 Å². The number of hydrogen-bond acceptors (Lipinski definition) is 7. The molecule has 6 nitrogen and oxygen atoms in total. The molecule has 0 fully saturated rings. The SMILES string of the molecule is C=CCSc1nnc2c(n1)OC(c1ccc(O)c(Cl)c1)Nc1ccccc1-2. The highest BCUT2D eigenvalue weighted by molar-refractivity contribution is 7.99. The van der Waals surface area contributed by atoms with Gasteiger partial charge in [-0.05, 0) is 24.3 Å². The summed E-state index contributed by atoms with van der Waals surface area (Å²) in [4.78, 5) is 4.52. The Kier molecular flexibility index (Phi) is 4.87. The zero-order chi connectivity index (χ0) is 18.8. The largest absolute Gasteiger partial charge is 0.506 e. The van der Waals surface area contributed by atoms with Crippen LogP contribution in [0.1, 0.15) is 11.8 Å². The van der Waals surface area contributed by atoms with Crippen LogP contribution in [-0.2, 0) is 0 Å². The standard InChI is InChI=1S/C19H15ClN4O2S/c1-2-9-27-19-22-18-16(23-24-19)12-5-3-4-6-14(12)21-17(26-18)11-7-8-15(25)13(20)10-11/h2-8,10,17,21,25H,1,9H2. The lowest BCUT2D eigenvalue weighted by Crippen LogP contribution is -2.17. The van der Waals surface area contributed by atoms with E-state index in [2.05, 4.69) is 27.1 Å². The summed E-state index contributed by atoms with van der Waals surface area (Å²) in [6.45, 7) is 3.70. The molecule has 27 heavy (non-hydrogen) atoms. The molecule has 1 aliphatic rings. The van der Waals surface area contributed by atoms with Gasteiger partial charge in [-0.15, -0.1) is 16.8 Å². The third kappa shape index (κ3) is 3.56. The van der Waals surface area contributed by atoms with E-state index in [1.165, 1.54) is 17.8 Å². The van der Waals surface area contributed by atoms with Gasteiger partial charge in [-0.3, -0.25) is 0 Å². The summed E-state index contributed by atoms with van der Waals surface area (Å²) in [6, 6.07) is 12.6. The molecule has 0 saturated heterocycles. The van der Waals surface area contributed by atoms with Crippen molar-refractivity contribution in [2.24, 2.45) is 0 Å². The smallest absolute Gasteiger partial charge is 0.247 e. The molecule has 2 heterocycles. The minimum Gasteiger partial charge on any atom is -0.506 e. The van der Waals surface area contributed by atoms with Crippen LogP contribution in [-0.4, -0.2) is 26.0 Å². The molecule has 0 radical (unpaired) electrons. The van der Waals surface area contributed by atoms with Crippen LogP contribution in [0.4, 0.5) is 5.69 Å². The molecule has 2 aromatic carbocycles. The highest BCUT2D eigenvalue weighted by atomic mass is 35.5. The van der Waals surface area contributed by atoms with E-state index in [0.717, 1.165) is 16.8 Å². The van der Waals surface area contributed by atoms with E-state index >= 15 is 0 Å². The van der Waals surface area contributed by atoms with E-state index in [9.17, 15) is 5.11 Å². The highest BCUT2D eigenvalue weighted by Gasteiger charge is 2.26. The van der Waals surface area contributed by atoms with Gasteiger partial charge < -0.3 is 15.2 Å². The molecule has 2 N–H and O–H groups in total. The van der Waals surface area contributed by atoms with Crippen LogP contribution < -0.4 is 10.1 Å². The van der Waals surface area contributed by atoms with E-state index in [0.29, 0.717) is 22.5 Å². The molecule has 0 bridgehead atoms. The number of nitrogens with one attached hydrogen (secondary N) is 1. The average molecular weight is 399 g/mol. The number of aromatic hydroxyl groups is 1. The lowest BCUT2D eigenvalue weighted by atomic mass is 10.1. The fourth-order valence-electron chi connectivity index (χ4n) is 2.68. The molecule has 3 aromatic rings. The van der Waals surface area contributed by atoms with E-state index in [4.69, 9.17) is 16.3 Å². The van der Waals surface area contributed by atoms with Crippen LogP contribution in [0.5, 0.6) is 11.6 Å². The number of fused-ring (bicyclic) bond motifs is 3. The van der Waals surface area contributed by atoms with E-state index in [-0.39, 0.29) is 10.8 Å². The maximum atomic E-state index is 9.70. The van der Waals surface area contributed by atoms with Crippen molar-refractivity contribution in [3.8, 4) is 22.9 Å². The van der Waals surface area contributed by atoms with Gasteiger partial charge in [-0.1, -0.05) is 47.6 Å². The predicted octanol–water partition coefficient (Wildman–Crippen LogP) is 4.68. The molecule has 1 unspecified atom stereocenters. The number of phenolic OH excluding ortho intramolecular Hbond substituents is 1. The second-order valence-corrected chi connectivity index (χ2v) is 7.14. The van der Waals surface area contributed by atoms with Crippen molar-refractivity contribution in [2.45, 2.75) is 11.4 Å². The first kappa shape index (κ1) is 17.6. The molecular weight excluding hydrogens is 384 g/mol. The number of anilines is 1. The summed E-state index contributed by atoms with van der Waals surface area (Å²) in [5, 5.41) is 22.3. The Labute approximate surface area is 165 Å². The van der Waals surface area contributed by atoms with Crippen LogP contribution in [0, 0.1) is 0 Å². The molecule has 8 heteroatoms. The lowest BCUT2D eigenvalue weighted by molar-refractivity contribution is 0.225. The van der Waals surface area contributed by atoms with Gasteiger partial charge in [0.1, 0.15) is 5.75 Å². The predicted molar refractivity (Wildman–Crippen MR) is 106 cm³/mol. The number of ether oxygens (including phenoxy) is 1. The average Bonchev–Trinajstić information content (AvgIpc) is 2.85. The summed E-state index contributed by atoms with van der Waals surface area (Å²) >= 11 is 7.50. The Morgan fingerprint density at radius 3 is 2.93 bits per heavy atom. The Morgan fingerprint density at radius 1 is 1.26 bits per heavy atom. The van der Waals surface area contributed by atoms with Gasteiger partial charge in [0.05, 0.1) is 5.02 Å². The van der Waals surface area contributed by atoms with Gasteiger partial charge >= 0.3 is 0 Å². The Balaban J connectivity index is 1.80. The quantitative estimate of drug-likeness (QED) is 0.487. The van der Waals surface area contributed by atoms with E-state index in [1.54, 1.807) is 18.2 Å². The minimum atomic E-state index is -0.556. The number of aromatic nitrogens is 3. The summed E-state index contributed by atoms with van der Waals surface area (Å²) in [5.74, 6) is 1.07. The Bertz CT molecular complexity index is 1010.